The van der Waals surface area contributed by atoms with Gasteiger partial charge >= 0.3 is 0 Å². The van der Waals surface area contributed by atoms with Gasteiger partial charge in [0.1, 0.15) is 17.9 Å². The second kappa shape index (κ2) is 10.9. The molecule has 1 heterocycles. The summed E-state index contributed by atoms with van der Waals surface area (Å²) >= 11 is 0. The minimum absolute atomic E-state index is 0.0334. The van der Waals surface area contributed by atoms with Gasteiger partial charge in [-0.1, -0.05) is 31.2 Å². The second-order valence-corrected chi connectivity index (χ2v) is 8.85. The van der Waals surface area contributed by atoms with Gasteiger partial charge in [-0.05, 0) is 61.8 Å². The Hall–Kier alpha value is -2.15. The Morgan fingerprint density at radius 3 is 1.81 bits per heavy atom. The third-order valence-corrected chi connectivity index (χ3v) is 6.18. The van der Waals surface area contributed by atoms with Crippen molar-refractivity contribution in [3.8, 4) is 0 Å². The zero-order valence-corrected chi connectivity index (χ0v) is 18.7. The van der Waals surface area contributed by atoms with Crippen LogP contribution in [0.4, 0.5) is 8.78 Å². The zero-order chi connectivity index (χ0) is 22.4. The van der Waals surface area contributed by atoms with Crippen molar-refractivity contribution in [2.45, 2.75) is 25.4 Å². The molecule has 4 nitrogen and oxygen atoms in total. The van der Waals surface area contributed by atoms with E-state index in [0.29, 0.717) is 5.92 Å². The van der Waals surface area contributed by atoms with E-state index >= 15 is 0 Å². The van der Waals surface area contributed by atoms with Gasteiger partial charge in [-0.3, -0.25) is 9.80 Å². The van der Waals surface area contributed by atoms with Crippen molar-refractivity contribution < 1.29 is 13.6 Å². The van der Waals surface area contributed by atoms with E-state index in [1.165, 1.54) is 24.3 Å². The quantitative estimate of drug-likeness (QED) is 0.566. The van der Waals surface area contributed by atoms with Crippen LogP contribution in [0.2, 0.25) is 0 Å². The van der Waals surface area contributed by atoms with Crippen molar-refractivity contribution in [1.29, 1.82) is 0 Å². The van der Waals surface area contributed by atoms with Gasteiger partial charge in [-0.15, -0.1) is 0 Å². The highest BCUT2D eigenvalue weighted by molar-refractivity contribution is 5.57. The first kappa shape index (κ1) is 23.5. The van der Waals surface area contributed by atoms with Gasteiger partial charge in [0.15, 0.2) is 0 Å². The number of nitrogens with zero attached hydrogens (tertiary/aromatic N) is 3. The average molecular weight is 430 g/mol. The molecule has 0 saturated carbocycles. The van der Waals surface area contributed by atoms with Crippen LogP contribution >= 0.6 is 0 Å². The Kier molecular flexibility index (Phi) is 8.29. The molecule has 1 saturated heterocycles. The molecule has 0 radical (unpaired) electrons. The molecule has 1 aliphatic rings. The van der Waals surface area contributed by atoms with E-state index in [-0.39, 0.29) is 23.7 Å². The molecule has 168 valence electrons. The molecular formula is C25H33F2N3O. The Morgan fingerprint density at radius 2 is 1.39 bits per heavy atom. The first-order chi connectivity index (χ1) is 14.9. The number of hydrogen-bond acceptors (Lipinski definition) is 4. The largest absolute Gasteiger partial charge is 0.302 e. The number of carbonyl (C=O) groups excluding carboxylic acids is 1. The summed E-state index contributed by atoms with van der Waals surface area (Å²) in [6, 6.07) is 13.1. The van der Waals surface area contributed by atoms with Crippen LogP contribution in [0.15, 0.2) is 48.5 Å². The van der Waals surface area contributed by atoms with Gasteiger partial charge in [0, 0.05) is 32.7 Å². The fraction of sp³-hybridized carbons (Fsp3) is 0.480. The summed E-state index contributed by atoms with van der Waals surface area (Å²) in [6.07, 6.45) is 1.88. The molecular weight excluding hydrogens is 396 g/mol. The van der Waals surface area contributed by atoms with Crippen LogP contribution in [-0.4, -0.2) is 73.8 Å². The summed E-state index contributed by atoms with van der Waals surface area (Å²) in [6.45, 7) is 6.76. The highest BCUT2D eigenvalue weighted by Crippen LogP contribution is 2.30. The molecule has 31 heavy (non-hydrogen) atoms. The molecule has 0 bridgehead atoms. The third-order valence-electron chi connectivity index (χ3n) is 6.18. The van der Waals surface area contributed by atoms with E-state index in [0.717, 1.165) is 56.6 Å². The number of piperazine rings is 1. The number of hydrogen-bond donors (Lipinski definition) is 0. The summed E-state index contributed by atoms with van der Waals surface area (Å²) in [5.41, 5.74) is 2.02. The molecule has 0 amide bonds. The molecule has 2 unspecified atom stereocenters. The normalized spacial score (nSPS) is 17.8. The predicted octanol–water partition coefficient (Wildman–Crippen LogP) is 3.83. The van der Waals surface area contributed by atoms with Crippen LogP contribution in [-0.2, 0) is 4.79 Å². The molecule has 0 spiro atoms. The highest BCUT2D eigenvalue weighted by atomic mass is 19.1. The number of rotatable bonds is 9. The monoisotopic (exact) mass is 429 g/mol. The lowest BCUT2D eigenvalue weighted by molar-refractivity contribution is -0.112. The summed E-state index contributed by atoms with van der Waals surface area (Å²) in [4.78, 5) is 18.1. The zero-order valence-electron chi connectivity index (χ0n) is 18.7. The Morgan fingerprint density at radius 1 is 0.903 bits per heavy atom. The van der Waals surface area contributed by atoms with Crippen molar-refractivity contribution in [3.63, 3.8) is 0 Å². The first-order valence-corrected chi connectivity index (χ1v) is 11.0. The maximum absolute atomic E-state index is 13.5. The summed E-state index contributed by atoms with van der Waals surface area (Å²) in [5, 5.41) is 0. The van der Waals surface area contributed by atoms with Crippen molar-refractivity contribution in [2.24, 2.45) is 5.92 Å². The molecule has 2 aromatic carbocycles. The molecule has 0 N–H and O–H groups in total. The van der Waals surface area contributed by atoms with Crippen molar-refractivity contribution in [3.05, 3.63) is 71.3 Å². The standard InChI is InChI=1S/C25H33F2N3O/c1-19(16-24(18-31)28(2)3)17-29-12-14-30(15-13-29)25(20-4-8-22(26)9-5-20)21-6-10-23(27)11-7-21/h4-11,18-19,24-25H,12-17H2,1-3H3. The molecule has 6 heteroatoms. The highest BCUT2D eigenvalue weighted by Gasteiger charge is 2.27. The van der Waals surface area contributed by atoms with Gasteiger partial charge in [0.2, 0.25) is 0 Å². The smallest absolute Gasteiger partial charge is 0.137 e. The minimum atomic E-state index is -0.258. The summed E-state index contributed by atoms with van der Waals surface area (Å²) in [5.74, 6) is -0.0901. The van der Waals surface area contributed by atoms with Crippen molar-refractivity contribution >= 4 is 6.29 Å². The van der Waals surface area contributed by atoms with Gasteiger partial charge in [-0.2, -0.15) is 0 Å². The van der Waals surface area contributed by atoms with Gasteiger partial charge in [0.05, 0.1) is 12.1 Å². The Bertz CT molecular complexity index is 772. The van der Waals surface area contributed by atoms with Crippen LogP contribution < -0.4 is 0 Å². The Labute approximate surface area is 184 Å². The molecule has 0 aliphatic carbocycles. The predicted molar refractivity (Wildman–Crippen MR) is 120 cm³/mol. The lowest BCUT2D eigenvalue weighted by Gasteiger charge is -2.40. The van der Waals surface area contributed by atoms with E-state index in [4.69, 9.17) is 0 Å². The van der Waals surface area contributed by atoms with E-state index in [2.05, 4.69) is 16.7 Å². The molecule has 2 aromatic rings. The van der Waals surface area contributed by atoms with E-state index in [9.17, 15) is 13.6 Å². The Balaban J connectivity index is 1.66. The third kappa shape index (κ3) is 6.42. The van der Waals surface area contributed by atoms with Crippen LogP contribution in [0.5, 0.6) is 0 Å². The number of benzene rings is 2. The number of carbonyl (C=O) groups is 1. The first-order valence-electron chi connectivity index (χ1n) is 11.0. The topological polar surface area (TPSA) is 26.8 Å². The molecule has 1 fully saturated rings. The number of likely N-dealkylation sites (N-methyl/N-ethyl adjacent to an activating group) is 1. The molecule has 3 rings (SSSR count). The SMILES string of the molecule is CC(CC(C=O)N(C)C)CN1CCN(C(c2ccc(F)cc2)c2ccc(F)cc2)CC1. The van der Waals surface area contributed by atoms with Gasteiger partial charge < -0.3 is 9.69 Å². The van der Waals surface area contributed by atoms with Crippen LogP contribution in [0.1, 0.15) is 30.5 Å². The fourth-order valence-electron chi connectivity index (χ4n) is 4.42. The number of aldehydes is 1. The maximum atomic E-state index is 13.5. The van der Waals surface area contributed by atoms with E-state index in [1.807, 2.05) is 43.3 Å². The molecule has 1 aliphatic heterocycles. The molecule has 2 atom stereocenters. The lowest BCUT2D eigenvalue weighted by atomic mass is 9.96. The number of halogens is 2. The lowest BCUT2D eigenvalue weighted by Crippen LogP contribution is -2.49. The fourth-order valence-corrected chi connectivity index (χ4v) is 4.42. The summed E-state index contributed by atoms with van der Waals surface area (Å²) < 4.78 is 27.0. The molecule has 0 aromatic heterocycles. The van der Waals surface area contributed by atoms with Crippen LogP contribution in [0.3, 0.4) is 0 Å². The van der Waals surface area contributed by atoms with Gasteiger partial charge in [0.25, 0.3) is 0 Å². The van der Waals surface area contributed by atoms with Crippen molar-refractivity contribution in [1.82, 2.24) is 14.7 Å². The minimum Gasteiger partial charge on any atom is -0.302 e. The second-order valence-electron chi connectivity index (χ2n) is 8.85. The van der Waals surface area contributed by atoms with Crippen LogP contribution in [0.25, 0.3) is 0 Å². The summed E-state index contributed by atoms with van der Waals surface area (Å²) in [7, 11) is 3.88. The van der Waals surface area contributed by atoms with E-state index < -0.39 is 0 Å². The maximum Gasteiger partial charge on any atom is 0.137 e. The van der Waals surface area contributed by atoms with E-state index in [1.54, 1.807) is 0 Å². The van der Waals surface area contributed by atoms with Gasteiger partial charge in [-0.25, -0.2) is 8.78 Å². The van der Waals surface area contributed by atoms with Crippen LogP contribution in [0, 0.1) is 17.6 Å². The average Bonchev–Trinajstić information content (AvgIpc) is 2.76. The van der Waals surface area contributed by atoms with Crippen molar-refractivity contribution in [2.75, 3.05) is 46.8 Å².